The molecule has 98 valence electrons. The summed E-state index contributed by atoms with van der Waals surface area (Å²) in [5.74, 6) is 0.557. The summed E-state index contributed by atoms with van der Waals surface area (Å²) in [4.78, 5) is 21.4. The van der Waals surface area contributed by atoms with E-state index in [0.29, 0.717) is 11.2 Å². The highest BCUT2D eigenvalue weighted by atomic mass is 35.5. The molecule has 3 nitrogen and oxygen atoms in total. The van der Waals surface area contributed by atoms with Crippen molar-refractivity contribution in [2.24, 2.45) is 0 Å². The van der Waals surface area contributed by atoms with Crippen LogP contribution in [0.2, 0.25) is 0 Å². The van der Waals surface area contributed by atoms with Gasteiger partial charge in [-0.1, -0.05) is 13.0 Å². The van der Waals surface area contributed by atoms with Gasteiger partial charge in [0.1, 0.15) is 10.7 Å². The van der Waals surface area contributed by atoms with Crippen LogP contribution in [0.4, 0.5) is 0 Å². The van der Waals surface area contributed by atoms with Crippen molar-refractivity contribution >= 4 is 44.5 Å². The molecule has 0 saturated carbocycles. The summed E-state index contributed by atoms with van der Waals surface area (Å²) < 4.78 is 0. The first-order valence-corrected chi connectivity index (χ1v) is 8.09. The number of H-pyrrole nitrogens is 1. The van der Waals surface area contributed by atoms with Crippen LogP contribution in [0.1, 0.15) is 24.5 Å². The summed E-state index contributed by atoms with van der Waals surface area (Å²) in [6, 6.07) is 3.99. The fourth-order valence-electron chi connectivity index (χ4n) is 1.92. The largest absolute Gasteiger partial charge is 0.309 e. The summed E-state index contributed by atoms with van der Waals surface area (Å²) in [5.41, 5.74) is 0.849. The average molecular weight is 311 g/mol. The Morgan fingerprint density at radius 3 is 3.00 bits per heavy atom. The Balaban J connectivity index is 2.23. The molecule has 0 aliphatic carbocycles. The van der Waals surface area contributed by atoms with Crippen LogP contribution in [-0.2, 0) is 0 Å². The van der Waals surface area contributed by atoms with Crippen molar-refractivity contribution in [1.29, 1.82) is 0 Å². The number of hydrogen-bond donors (Lipinski definition) is 1. The number of alkyl halides is 1. The van der Waals surface area contributed by atoms with Crippen LogP contribution in [0.3, 0.4) is 0 Å². The standard InChI is InChI=1S/C13H11ClN2OS2/c1-2-8(14)11-15-12(17)10-7(6-19-13(10)16-11)9-4-3-5-18-9/h3-6,8H,2H2,1H3,(H,15,16,17). The second-order valence-electron chi connectivity index (χ2n) is 4.13. The molecule has 0 aliphatic rings. The molecule has 3 heterocycles. The van der Waals surface area contributed by atoms with E-state index >= 15 is 0 Å². The predicted octanol–water partition coefficient (Wildman–Crippen LogP) is 4.40. The normalized spacial score (nSPS) is 12.9. The van der Waals surface area contributed by atoms with Crippen molar-refractivity contribution in [1.82, 2.24) is 9.97 Å². The van der Waals surface area contributed by atoms with Gasteiger partial charge in [0.05, 0.1) is 10.8 Å². The Bertz CT molecular complexity index is 761. The molecule has 0 spiro atoms. The zero-order valence-electron chi connectivity index (χ0n) is 10.1. The highest BCUT2D eigenvalue weighted by molar-refractivity contribution is 7.18. The lowest BCUT2D eigenvalue weighted by Crippen LogP contribution is -2.12. The SMILES string of the molecule is CCC(Cl)c1nc2scc(-c3cccs3)c2c(=O)[nH]1. The van der Waals surface area contributed by atoms with E-state index in [0.717, 1.165) is 21.7 Å². The van der Waals surface area contributed by atoms with Gasteiger partial charge in [-0.05, 0) is 17.9 Å². The maximum absolute atomic E-state index is 12.3. The summed E-state index contributed by atoms with van der Waals surface area (Å²) in [5, 5.41) is 4.40. The van der Waals surface area contributed by atoms with E-state index in [1.165, 1.54) is 11.3 Å². The fourth-order valence-corrected chi connectivity index (χ4v) is 3.79. The maximum atomic E-state index is 12.3. The van der Waals surface area contributed by atoms with Gasteiger partial charge >= 0.3 is 0 Å². The molecule has 19 heavy (non-hydrogen) atoms. The zero-order valence-corrected chi connectivity index (χ0v) is 12.5. The second-order valence-corrected chi connectivity index (χ2v) is 6.47. The number of hydrogen-bond acceptors (Lipinski definition) is 4. The van der Waals surface area contributed by atoms with Gasteiger partial charge in [-0.2, -0.15) is 0 Å². The topological polar surface area (TPSA) is 45.8 Å². The first-order valence-electron chi connectivity index (χ1n) is 5.90. The smallest absolute Gasteiger partial charge is 0.260 e. The van der Waals surface area contributed by atoms with E-state index in [4.69, 9.17) is 11.6 Å². The number of aromatic nitrogens is 2. The molecule has 6 heteroatoms. The third kappa shape index (κ3) is 2.22. The van der Waals surface area contributed by atoms with E-state index in [1.54, 1.807) is 11.3 Å². The number of rotatable bonds is 3. The van der Waals surface area contributed by atoms with E-state index in [-0.39, 0.29) is 10.9 Å². The number of halogens is 1. The first-order chi connectivity index (χ1) is 9.20. The lowest BCUT2D eigenvalue weighted by Gasteiger charge is -2.05. The van der Waals surface area contributed by atoms with E-state index in [2.05, 4.69) is 9.97 Å². The van der Waals surface area contributed by atoms with Crippen molar-refractivity contribution in [3.05, 3.63) is 39.1 Å². The first kappa shape index (κ1) is 12.8. The van der Waals surface area contributed by atoms with Crippen LogP contribution in [0, 0.1) is 0 Å². The summed E-state index contributed by atoms with van der Waals surface area (Å²) in [6.07, 6.45) is 0.735. The molecule has 3 aromatic heterocycles. The Morgan fingerprint density at radius 1 is 1.47 bits per heavy atom. The van der Waals surface area contributed by atoms with Crippen LogP contribution in [0.5, 0.6) is 0 Å². The van der Waals surface area contributed by atoms with E-state index in [9.17, 15) is 4.79 Å². The predicted molar refractivity (Wildman–Crippen MR) is 82.4 cm³/mol. The van der Waals surface area contributed by atoms with Crippen molar-refractivity contribution in [2.75, 3.05) is 0 Å². The zero-order chi connectivity index (χ0) is 13.4. The van der Waals surface area contributed by atoms with Crippen LogP contribution in [0.15, 0.2) is 27.7 Å². The number of thiophene rings is 2. The van der Waals surface area contributed by atoms with Crippen LogP contribution < -0.4 is 5.56 Å². The van der Waals surface area contributed by atoms with Crippen LogP contribution in [0.25, 0.3) is 20.7 Å². The monoisotopic (exact) mass is 310 g/mol. The minimum Gasteiger partial charge on any atom is -0.309 e. The van der Waals surface area contributed by atoms with Gasteiger partial charge in [0.15, 0.2) is 0 Å². The van der Waals surface area contributed by atoms with Crippen molar-refractivity contribution in [3.63, 3.8) is 0 Å². The highest BCUT2D eigenvalue weighted by Crippen LogP contribution is 2.34. The van der Waals surface area contributed by atoms with Crippen molar-refractivity contribution in [3.8, 4) is 10.4 Å². The Kier molecular flexibility index (Phi) is 3.43. The van der Waals surface area contributed by atoms with Crippen LogP contribution in [-0.4, -0.2) is 9.97 Å². The molecule has 3 rings (SSSR count). The van der Waals surface area contributed by atoms with Gasteiger partial charge in [-0.3, -0.25) is 4.79 Å². The molecule has 1 unspecified atom stereocenters. The Hall–Kier alpha value is -1.17. The van der Waals surface area contributed by atoms with Gasteiger partial charge < -0.3 is 4.98 Å². The van der Waals surface area contributed by atoms with Crippen molar-refractivity contribution in [2.45, 2.75) is 18.7 Å². The molecule has 0 bridgehead atoms. The highest BCUT2D eigenvalue weighted by Gasteiger charge is 2.16. The molecule has 3 aromatic rings. The molecule has 0 aliphatic heterocycles. The quantitative estimate of drug-likeness (QED) is 0.729. The molecule has 0 aromatic carbocycles. The van der Waals surface area contributed by atoms with E-state index in [1.807, 2.05) is 29.8 Å². The second kappa shape index (κ2) is 5.07. The molecule has 0 amide bonds. The lowest BCUT2D eigenvalue weighted by atomic mass is 10.2. The Labute approximate surface area is 122 Å². The maximum Gasteiger partial charge on any atom is 0.260 e. The third-order valence-corrected chi connectivity index (χ3v) is 5.19. The molecule has 1 atom stereocenters. The average Bonchev–Trinajstić information content (AvgIpc) is 3.05. The molecule has 0 fully saturated rings. The number of nitrogens with one attached hydrogen (secondary N) is 1. The summed E-state index contributed by atoms with van der Waals surface area (Å²) in [7, 11) is 0. The summed E-state index contributed by atoms with van der Waals surface area (Å²) in [6.45, 7) is 1.97. The van der Waals surface area contributed by atoms with Gasteiger partial charge in [0.2, 0.25) is 0 Å². The number of fused-ring (bicyclic) bond motifs is 1. The van der Waals surface area contributed by atoms with Gasteiger partial charge in [-0.15, -0.1) is 34.3 Å². The minimum absolute atomic E-state index is 0.108. The van der Waals surface area contributed by atoms with Gasteiger partial charge in [-0.25, -0.2) is 4.98 Å². The van der Waals surface area contributed by atoms with Gasteiger partial charge in [0.25, 0.3) is 5.56 Å². The van der Waals surface area contributed by atoms with Crippen LogP contribution >= 0.6 is 34.3 Å². The van der Waals surface area contributed by atoms with Crippen molar-refractivity contribution < 1.29 is 0 Å². The molecular formula is C13H11ClN2OS2. The molecular weight excluding hydrogens is 300 g/mol. The van der Waals surface area contributed by atoms with Gasteiger partial charge in [0, 0.05) is 15.8 Å². The number of nitrogens with zero attached hydrogens (tertiary/aromatic N) is 1. The fraction of sp³-hybridized carbons (Fsp3) is 0.231. The lowest BCUT2D eigenvalue weighted by molar-refractivity contribution is 0.807. The molecule has 1 N–H and O–H groups in total. The number of aromatic amines is 1. The van der Waals surface area contributed by atoms with E-state index < -0.39 is 0 Å². The molecule has 0 saturated heterocycles. The minimum atomic E-state index is -0.246. The molecule has 0 radical (unpaired) electrons. The summed E-state index contributed by atoms with van der Waals surface area (Å²) >= 11 is 9.25. The Morgan fingerprint density at radius 2 is 2.32 bits per heavy atom. The third-order valence-electron chi connectivity index (χ3n) is 2.90.